The average molecular weight is 256 g/mol. The van der Waals surface area contributed by atoms with E-state index in [4.69, 9.17) is 0 Å². The molecule has 0 fully saturated rings. The second-order valence-electron chi connectivity index (χ2n) is 4.44. The third-order valence-electron chi connectivity index (χ3n) is 3.27. The highest BCUT2D eigenvalue weighted by Crippen LogP contribution is 2.18. The number of pyridine rings is 1. The quantitative estimate of drug-likeness (QED) is 0.893. The second-order valence-corrected chi connectivity index (χ2v) is 4.44. The maximum Gasteiger partial charge on any atom is 0.132 e. The second kappa shape index (κ2) is 6.27. The third-order valence-corrected chi connectivity index (χ3v) is 3.27. The van der Waals surface area contributed by atoms with Crippen molar-refractivity contribution in [2.45, 2.75) is 33.1 Å². The van der Waals surface area contributed by atoms with Gasteiger partial charge in [-0.25, -0.2) is 9.97 Å². The molecule has 4 nitrogen and oxygen atoms in total. The zero-order valence-electron chi connectivity index (χ0n) is 11.8. The molecule has 0 aromatic carbocycles. The molecule has 19 heavy (non-hydrogen) atoms. The van der Waals surface area contributed by atoms with Gasteiger partial charge in [-0.2, -0.15) is 0 Å². The Kier molecular flexibility index (Phi) is 4.44. The standard InChI is InChI=1S/C15H20N4/c1-4-11-6-7-12(17-9-11)8-14-13(5-2)15(16-3)19-10-18-14/h6-7,9-10H,4-5,8H2,1-3H3,(H,16,18,19). The molecule has 0 aliphatic heterocycles. The number of nitrogens with one attached hydrogen (secondary N) is 1. The van der Waals surface area contributed by atoms with E-state index >= 15 is 0 Å². The first-order valence-electron chi connectivity index (χ1n) is 6.72. The Morgan fingerprint density at radius 2 is 1.89 bits per heavy atom. The highest BCUT2D eigenvalue weighted by molar-refractivity contribution is 5.46. The molecule has 0 unspecified atom stereocenters. The van der Waals surface area contributed by atoms with Crippen molar-refractivity contribution >= 4 is 5.82 Å². The van der Waals surface area contributed by atoms with Crippen molar-refractivity contribution in [2.24, 2.45) is 0 Å². The lowest BCUT2D eigenvalue weighted by molar-refractivity contribution is 0.925. The fourth-order valence-corrected chi connectivity index (χ4v) is 2.13. The highest BCUT2D eigenvalue weighted by atomic mass is 15.0. The Morgan fingerprint density at radius 3 is 2.47 bits per heavy atom. The van der Waals surface area contributed by atoms with Crippen LogP contribution in [0, 0.1) is 0 Å². The molecule has 1 N–H and O–H groups in total. The fourth-order valence-electron chi connectivity index (χ4n) is 2.13. The molecular weight excluding hydrogens is 236 g/mol. The first-order valence-corrected chi connectivity index (χ1v) is 6.72. The Balaban J connectivity index is 2.26. The van der Waals surface area contributed by atoms with Gasteiger partial charge in [0.25, 0.3) is 0 Å². The predicted molar refractivity (Wildman–Crippen MR) is 77.4 cm³/mol. The zero-order chi connectivity index (χ0) is 13.7. The third kappa shape index (κ3) is 3.08. The van der Waals surface area contributed by atoms with Crippen molar-refractivity contribution in [3.05, 3.63) is 47.2 Å². The van der Waals surface area contributed by atoms with Crippen LogP contribution in [-0.2, 0) is 19.3 Å². The van der Waals surface area contributed by atoms with Crippen molar-refractivity contribution in [2.75, 3.05) is 12.4 Å². The summed E-state index contributed by atoms with van der Waals surface area (Å²) in [6.45, 7) is 4.26. The lowest BCUT2D eigenvalue weighted by atomic mass is 10.1. The maximum absolute atomic E-state index is 4.49. The van der Waals surface area contributed by atoms with E-state index in [-0.39, 0.29) is 0 Å². The van der Waals surface area contributed by atoms with Crippen LogP contribution < -0.4 is 5.32 Å². The molecule has 0 amide bonds. The summed E-state index contributed by atoms with van der Waals surface area (Å²) in [7, 11) is 1.89. The first-order chi connectivity index (χ1) is 9.28. The molecule has 0 aliphatic carbocycles. The molecule has 0 saturated carbocycles. The monoisotopic (exact) mass is 256 g/mol. The van der Waals surface area contributed by atoms with E-state index in [2.05, 4.69) is 46.2 Å². The zero-order valence-corrected chi connectivity index (χ0v) is 11.8. The van der Waals surface area contributed by atoms with Gasteiger partial charge in [0.1, 0.15) is 12.1 Å². The minimum absolute atomic E-state index is 0.754. The molecule has 0 atom stereocenters. The Hall–Kier alpha value is -1.97. The molecule has 0 bridgehead atoms. The van der Waals surface area contributed by atoms with E-state index in [1.165, 1.54) is 11.1 Å². The van der Waals surface area contributed by atoms with Gasteiger partial charge in [-0.3, -0.25) is 4.98 Å². The topological polar surface area (TPSA) is 50.7 Å². The fraction of sp³-hybridized carbons (Fsp3) is 0.400. The highest BCUT2D eigenvalue weighted by Gasteiger charge is 2.09. The summed E-state index contributed by atoms with van der Waals surface area (Å²) in [4.78, 5) is 13.2. The summed E-state index contributed by atoms with van der Waals surface area (Å²) in [6, 6.07) is 4.22. The van der Waals surface area contributed by atoms with Gasteiger partial charge in [0.2, 0.25) is 0 Å². The summed E-state index contributed by atoms with van der Waals surface area (Å²) in [6.07, 6.45) is 6.25. The Morgan fingerprint density at radius 1 is 1.05 bits per heavy atom. The van der Waals surface area contributed by atoms with Gasteiger partial charge in [0.15, 0.2) is 0 Å². The predicted octanol–water partition coefficient (Wildman–Crippen LogP) is 2.63. The van der Waals surface area contributed by atoms with Crippen LogP contribution in [0.25, 0.3) is 0 Å². The van der Waals surface area contributed by atoms with Gasteiger partial charge in [-0.05, 0) is 24.5 Å². The summed E-state index contributed by atoms with van der Waals surface area (Å²) >= 11 is 0. The van der Waals surface area contributed by atoms with Gasteiger partial charge in [0, 0.05) is 30.9 Å². The van der Waals surface area contributed by atoms with E-state index in [0.717, 1.165) is 36.5 Å². The molecule has 2 rings (SSSR count). The van der Waals surface area contributed by atoms with E-state index in [0.29, 0.717) is 0 Å². The molecule has 4 heteroatoms. The molecular formula is C15H20N4. The van der Waals surface area contributed by atoms with Crippen LogP contribution in [-0.4, -0.2) is 22.0 Å². The minimum atomic E-state index is 0.754. The molecule has 0 radical (unpaired) electrons. The van der Waals surface area contributed by atoms with Crippen LogP contribution in [0.2, 0.25) is 0 Å². The molecule has 2 heterocycles. The summed E-state index contributed by atoms with van der Waals surface area (Å²) in [5.41, 5.74) is 4.54. The first kappa shape index (κ1) is 13.5. The van der Waals surface area contributed by atoms with Gasteiger partial charge < -0.3 is 5.32 Å². The lowest BCUT2D eigenvalue weighted by Crippen LogP contribution is -2.06. The Bertz CT molecular complexity index is 534. The summed E-state index contributed by atoms with van der Waals surface area (Å²) < 4.78 is 0. The lowest BCUT2D eigenvalue weighted by Gasteiger charge is -2.10. The van der Waals surface area contributed by atoms with Crippen LogP contribution >= 0.6 is 0 Å². The Labute approximate surface area is 114 Å². The van der Waals surface area contributed by atoms with Gasteiger partial charge in [-0.1, -0.05) is 19.9 Å². The van der Waals surface area contributed by atoms with E-state index in [9.17, 15) is 0 Å². The van der Waals surface area contributed by atoms with Crippen molar-refractivity contribution in [1.29, 1.82) is 0 Å². The molecule has 0 aliphatic rings. The number of aryl methyl sites for hydroxylation is 1. The van der Waals surface area contributed by atoms with Crippen molar-refractivity contribution < 1.29 is 0 Å². The number of aromatic nitrogens is 3. The molecule has 0 spiro atoms. The number of nitrogens with zero attached hydrogens (tertiary/aromatic N) is 3. The number of hydrogen-bond donors (Lipinski definition) is 1. The molecule has 100 valence electrons. The molecule has 0 saturated heterocycles. The van der Waals surface area contributed by atoms with Crippen LogP contribution in [0.1, 0.15) is 36.4 Å². The molecule has 2 aromatic heterocycles. The minimum Gasteiger partial charge on any atom is -0.373 e. The maximum atomic E-state index is 4.49. The van der Waals surface area contributed by atoms with Crippen molar-refractivity contribution in [1.82, 2.24) is 15.0 Å². The van der Waals surface area contributed by atoms with Crippen molar-refractivity contribution in [3.63, 3.8) is 0 Å². The largest absolute Gasteiger partial charge is 0.373 e. The van der Waals surface area contributed by atoms with Crippen LogP contribution in [0.5, 0.6) is 0 Å². The normalized spacial score (nSPS) is 10.5. The average Bonchev–Trinajstić information content (AvgIpc) is 2.47. The number of anilines is 1. The van der Waals surface area contributed by atoms with E-state index in [1.807, 2.05) is 13.2 Å². The van der Waals surface area contributed by atoms with Crippen LogP contribution in [0.15, 0.2) is 24.7 Å². The van der Waals surface area contributed by atoms with Crippen LogP contribution in [0.4, 0.5) is 5.82 Å². The SMILES string of the molecule is CCc1ccc(Cc2ncnc(NC)c2CC)nc1. The smallest absolute Gasteiger partial charge is 0.132 e. The summed E-state index contributed by atoms with van der Waals surface area (Å²) in [5.74, 6) is 0.915. The number of hydrogen-bond acceptors (Lipinski definition) is 4. The van der Waals surface area contributed by atoms with Gasteiger partial charge in [0.05, 0.1) is 5.69 Å². The van der Waals surface area contributed by atoms with E-state index in [1.54, 1.807) is 6.33 Å². The van der Waals surface area contributed by atoms with E-state index < -0.39 is 0 Å². The number of rotatable bonds is 5. The van der Waals surface area contributed by atoms with Crippen molar-refractivity contribution in [3.8, 4) is 0 Å². The summed E-state index contributed by atoms with van der Waals surface area (Å²) in [5, 5.41) is 3.12. The van der Waals surface area contributed by atoms with Crippen LogP contribution in [0.3, 0.4) is 0 Å². The molecule has 2 aromatic rings. The van der Waals surface area contributed by atoms with Gasteiger partial charge in [-0.15, -0.1) is 0 Å². The van der Waals surface area contributed by atoms with Gasteiger partial charge >= 0.3 is 0 Å².